The molecule has 0 atom stereocenters. The molecule has 2 aromatic rings. The highest BCUT2D eigenvalue weighted by atomic mass is 17.7. The van der Waals surface area contributed by atoms with Gasteiger partial charge in [0.1, 0.15) is 6.61 Å². The normalized spacial score (nSPS) is 18.4. The first-order valence-corrected chi connectivity index (χ1v) is 5.67. The molecular formula is C14H12O4. The van der Waals surface area contributed by atoms with Crippen molar-refractivity contribution in [3.63, 3.8) is 0 Å². The third-order valence-electron chi connectivity index (χ3n) is 2.99. The second-order valence-corrected chi connectivity index (χ2v) is 4.04. The van der Waals surface area contributed by atoms with Crippen molar-refractivity contribution in [1.29, 1.82) is 0 Å². The minimum Gasteiger partial charge on any atom is -0.200 e. The quantitative estimate of drug-likeness (QED) is 0.761. The van der Waals surface area contributed by atoms with Crippen LogP contribution in [0.5, 0.6) is 0 Å². The van der Waals surface area contributed by atoms with Gasteiger partial charge in [-0.25, -0.2) is 0 Å². The summed E-state index contributed by atoms with van der Waals surface area (Å²) in [6.07, 6.45) is 0. The first-order valence-electron chi connectivity index (χ1n) is 5.67. The third kappa shape index (κ3) is 1.91. The molecule has 3 rings (SSSR count). The van der Waals surface area contributed by atoms with E-state index in [1.165, 1.54) is 0 Å². The van der Waals surface area contributed by atoms with E-state index in [2.05, 4.69) is 10.1 Å². The van der Waals surface area contributed by atoms with Crippen LogP contribution in [0, 0.1) is 0 Å². The Morgan fingerprint density at radius 1 is 0.722 bits per heavy atom. The van der Waals surface area contributed by atoms with Crippen molar-refractivity contribution in [3.05, 3.63) is 71.8 Å². The highest BCUT2D eigenvalue weighted by Crippen LogP contribution is 2.36. The topological polar surface area (TPSA) is 36.9 Å². The number of hydrogen-bond donors (Lipinski definition) is 0. The summed E-state index contributed by atoms with van der Waals surface area (Å²) in [5, 5.41) is 8.92. The highest BCUT2D eigenvalue weighted by Gasteiger charge is 2.41. The molecule has 0 amide bonds. The molecule has 0 aromatic heterocycles. The first kappa shape index (κ1) is 11.4. The van der Waals surface area contributed by atoms with Crippen LogP contribution in [0.3, 0.4) is 0 Å². The van der Waals surface area contributed by atoms with Crippen LogP contribution in [-0.4, -0.2) is 6.61 Å². The lowest BCUT2D eigenvalue weighted by atomic mass is 9.87. The Balaban J connectivity index is 2.10. The maximum absolute atomic E-state index is 5.39. The van der Waals surface area contributed by atoms with E-state index >= 15 is 0 Å². The molecule has 0 saturated carbocycles. The molecule has 0 N–H and O–H groups in total. The molecule has 0 bridgehead atoms. The average molecular weight is 244 g/mol. The van der Waals surface area contributed by atoms with E-state index in [0.29, 0.717) is 0 Å². The molecule has 18 heavy (non-hydrogen) atoms. The second kappa shape index (κ2) is 4.88. The molecule has 4 heteroatoms. The van der Waals surface area contributed by atoms with Crippen molar-refractivity contribution in [1.82, 2.24) is 0 Å². The zero-order valence-electron chi connectivity index (χ0n) is 9.61. The van der Waals surface area contributed by atoms with Gasteiger partial charge in [-0.05, 0) is 21.2 Å². The maximum atomic E-state index is 5.39. The molecule has 1 aliphatic rings. The Bertz CT molecular complexity index is 450. The van der Waals surface area contributed by atoms with Crippen LogP contribution < -0.4 is 0 Å². The summed E-state index contributed by atoms with van der Waals surface area (Å²) in [5.41, 5.74) is 1.08. The highest BCUT2D eigenvalue weighted by molar-refractivity contribution is 5.36. The van der Waals surface area contributed by atoms with E-state index in [9.17, 15) is 0 Å². The standard InChI is InChI=1S/C14H12O4/c1-3-7-12(8-4-1)14(11-15-17-18-16-14)13-9-5-2-6-10-13/h1-10H,11H2. The van der Waals surface area contributed by atoms with Crippen LogP contribution >= 0.6 is 0 Å². The van der Waals surface area contributed by atoms with Crippen LogP contribution in [0.15, 0.2) is 60.7 Å². The number of rotatable bonds is 2. The molecule has 2 aromatic carbocycles. The fourth-order valence-corrected chi connectivity index (χ4v) is 2.07. The number of benzene rings is 2. The predicted octanol–water partition coefficient (Wildman–Crippen LogP) is 2.76. The SMILES string of the molecule is c1ccc(C2(c3ccccc3)COOOO2)cc1. The molecule has 4 nitrogen and oxygen atoms in total. The molecule has 0 aliphatic carbocycles. The Kier molecular flexibility index (Phi) is 3.08. The molecule has 1 heterocycles. The summed E-state index contributed by atoms with van der Waals surface area (Å²) < 4.78 is 0. The third-order valence-corrected chi connectivity index (χ3v) is 2.99. The summed E-state index contributed by atoms with van der Waals surface area (Å²) in [5.74, 6) is 0. The summed E-state index contributed by atoms with van der Waals surface area (Å²) >= 11 is 0. The molecule has 1 aliphatic heterocycles. The number of hydrogen-bond acceptors (Lipinski definition) is 4. The van der Waals surface area contributed by atoms with Gasteiger partial charge in [0.2, 0.25) is 0 Å². The fourth-order valence-electron chi connectivity index (χ4n) is 2.07. The van der Waals surface area contributed by atoms with Crippen LogP contribution in [0.25, 0.3) is 0 Å². The Morgan fingerprint density at radius 3 is 1.72 bits per heavy atom. The van der Waals surface area contributed by atoms with E-state index < -0.39 is 5.60 Å². The van der Waals surface area contributed by atoms with Crippen LogP contribution in [0.4, 0.5) is 0 Å². The van der Waals surface area contributed by atoms with Crippen molar-refractivity contribution in [2.45, 2.75) is 5.60 Å². The van der Waals surface area contributed by atoms with E-state index in [0.717, 1.165) is 11.1 Å². The molecule has 1 saturated heterocycles. The second-order valence-electron chi connectivity index (χ2n) is 4.04. The fraction of sp³-hybridized carbons (Fsp3) is 0.143. The summed E-state index contributed by atoms with van der Waals surface area (Å²) in [4.78, 5) is 10.3. The van der Waals surface area contributed by atoms with Gasteiger partial charge in [-0.1, -0.05) is 60.7 Å². The van der Waals surface area contributed by atoms with Crippen molar-refractivity contribution in [2.24, 2.45) is 0 Å². The van der Waals surface area contributed by atoms with Crippen LogP contribution in [0.1, 0.15) is 11.1 Å². The van der Waals surface area contributed by atoms with E-state index in [1.807, 2.05) is 60.7 Å². The molecule has 92 valence electrons. The van der Waals surface area contributed by atoms with Gasteiger partial charge >= 0.3 is 0 Å². The van der Waals surface area contributed by atoms with Gasteiger partial charge in [-0.15, -0.1) is 0 Å². The molecule has 1 fully saturated rings. The minimum atomic E-state index is -0.805. The van der Waals surface area contributed by atoms with Crippen LogP contribution in [-0.2, 0) is 25.5 Å². The van der Waals surface area contributed by atoms with Gasteiger partial charge in [0, 0.05) is 0 Å². The van der Waals surface area contributed by atoms with Crippen molar-refractivity contribution < 1.29 is 19.9 Å². The van der Waals surface area contributed by atoms with Gasteiger partial charge < -0.3 is 0 Å². The zero-order valence-corrected chi connectivity index (χ0v) is 9.61. The largest absolute Gasteiger partial charge is 0.200 e. The van der Waals surface area contributed by atoms with Gasteiger partial charge in [-0.2, -0.15) is 9.78 Å². The van der Waals surface area contributed by atoms with E-state index in [-0.39, 0.29) is 6.61 Å². The lowest BCUT2D eigenvalue weighted by Crippen LogP contribution is -2.40. The van der Waals surface area contributed by atoms with Crippen molar-refractivity contribution in [2.75, 3.05) is 6.61 Å². The molecule has 0 radical (unpaired) electrons. The van der Waals surface area contributed by atoms with Gasteiger partial charge in [0.25, 0.3) is 0 Å². The summed E-state index contributed by atoms with van der Waals surface area (Å²) in [6, 6.07) is 19.5. The average Bonchev–Trinajstić information content (AvgIpc) is 2.50. The smallest absolute Gasteiger partial charge is 0.183 e. The maximum Gasteiger partial charge on any atom is 0.183 e. The van der Waals surface area contributed by atoms with Gasteiger partial charge in [0.05, 0.1) is 0 Å². The van der Waals surface area contributed by atoms with Gasteiger partial charge in [-0.3, -0.25) is 0 Å². The Morgan fingerprint density at radius 2 is 1.28 bits per heavy atom. The van der Waals surface area contributed by atoms with Crippen molar-refractivity contribution in [3.8, 4) is 0 Å². The van der Waals surface area contributed by atoms with E-state index in [4.69, 9.17) is 9.78 Å². The predicted molar refractivity (Wildman–Crippen MR) is 62.9 cm³/mol. The molecule has 0 spiro atoms. The Labute approximate surface area is 104 Å². The summed E-state index contributed by atoms with van der Waals surface area (Å²) in [6.45, 7) is 0.223. The summed E-state index contributed by atoms with van der Waals surface area (Å²) in [7, 11) is 0. The minimum absolute atomic E-state index is 0.223. The van der Waals surface area contributed by atoms with Crippen LogP contribution in [0.2, 0.25) is 0 Å². The van der Waals surface area contributed by atoms with Gasteiger partial charge in [0.15, 0.2) is 5.60 Å². The molecular weight excluding hydrogens is 232 g/mol. The first-order chi connectivity index (χ1) is 8.92. The zero-order chi connectivity index (χ0) is 12.3. The van der Waals surface area contributed by atoms with Crippen molar-refractivity contribution >= 4 is 0 Å². The molecule has 0 unspecified atom stereocenters. The lowest BCUT2D eigenvalue weighted by molar-refractivity contribution is -0.689. The van der Waals surface area contributed by atoms with E-state index in [1.54, 1.807) is 0 Å². The monoisotopic (exact) mass is 244 g/mol. The lowest BCUT2D eigenvalue weighted by Gasteiger charge is -2.33. The Hall–Kier alpha value is -1.72.